The van der Waals surface area contributed by atoms with Crippen LogP contribution in [-0.2, 0) is 30.3 Å². The third-order valence-electron chi connectivity index (χ3n) is 8.10. The van der Waals surface area contributed by atoms with E-state index in [9.17, 15) is 19.8 Å². The number of ether oxygens (including phenoxy) is 3. The summed E-state index contributed by atoms with van der Waals surface area (Å²) < 4.78 is 17.2. The van der Waals surface area contributed by atoms with Crippen molar-refractivity contribution in [2.24, 2.45) is 27.7 Å². The molecule has 0 fully saturated rings. The molecule has 1 aromatic rings. The highest BCUT2D eigenvalue weighted by molar-refractivity contribution is 6.05. The predicted octanol–water partition coefficient (Wildman–Crippen LogP) is 4.40. The van der Waals surface area contributed by atoms with Gasteiger partial charge in [0.2, 0.25) is 0 Å². The first-order valence-corrected chi connectivity index (χ1v) is 16.5. The molecule has 1 aromatic carbocycles. The number of methoxy groups -OCH3 is 2. The second-order valence-corrected chi connectivity index (χ2v) is 13.1. The highest BCUT2D eigenvalue weighted by atomic mass is 16.6. The Kier molecular flexibility index (Phi) is 17.1. The number of benzene rings is 1. The largest absolute Gasteiger partial charge is 0.506 e. The number of phenols is 2. The molecule has 5 atom stereocenters. The van der Waals surface area contributed by atoms with Gasteiger partial charge in [-0.05, 0) is 66.4 Å². The molecule has 0 aliphatic carbocycles. The monoisotopic (exact) mass is 700 g/mol. The summed E-state index contributed by atoms with van der Waals surface area (Å²) in [6.45, 7) is 8.81. The molecule has 1 aliphatic heterocycles. The molecule has 2 amide bonds. The lowest BCUT2D eigenvalue weighted by molar-refractivity contribution is -0.112. The quantitative estimate of drug-likeness (QED) is 0.0683. The number of allylic oxidation sites excluding steroid dienone is 3. The summed E-state index contributed by atoms with van der Waals surface area (Å²) in [5.41, 5.74) is 7.61. The minimum absolute atomic E-state index is 0.0360. The lowest BCUT2D eigenvalue weighted by Gasteiger charge is -2.27. The minimum Gasteiger partial charge on any atom is -0.506 e. The third-order valence-corrected chi connectivity index (χ3v) is 8.10. The Bertz CT molecular complexity index is 1450. The smallest absolute Gasteiger partial charge is 0.405 e. The number of rotatable bonds is 10. The highest BCUT2D eigenvalue weighted by Crippen LogP contribution is 2.44. The number of hydrogen-bond acceptors (Lipinski definition) is 12. The van der Waals surface area contributed by atoms with Gasteiger partial charge >= 0.3 is 6.09 Å². The van der Waals surface area contributed by atoms with E-state index in [2.05, 4.69) is 15.5 Å². The summed E-state index contributed by atoms with van der Waals surface area (Å²) in [6.07, 6.45) is 5.87. The van der Waals surface area contributed by atoms with E-state index >= 15 is 0 Å². The molecule has 14 heteroatoms. The molecule has 2 bridgehead atoms. The zero-order valence-electron chi connectivity index (χ0n) is 31.1. The zero-order chi connectivity index (χ0) is 37.5. The summed E-state index contributed by atoms with van der Waals surface area (Å²) in [5, 5.41) is 29.9. The van der Waals surface area contributed by atoms with Crippen molar-refractivity contribution in [1.82, 2.24) is 9.80 Å². The Morgan fingerprint density at radius 1 is 1.12 bits per heavy atom. The van der Waals surface area contributed by atoms with Gasteiger partial charge in [-0.1, -0.05) is 43.3 Å². The van der Waals surface area contributed by atoms with Crippen LogP contribution < -0.4 is 11.1 Å². The second kappa shape index (κ2) is 20.4. The first-order chi connectivity index (χ1) is 23.6. The van der Waals surface area contributed by atoms with E-state index in [1.165, 1.54) is 13.2 Å². The van der Waals surface area contributed by atoms with Crippen LogP contribution >= 0.6 is 0 Å². The third kappa shape index (κ3) is 12.9. The number of nitrogens with two attached hydrogens (primary N) is 1. The number of carbonyl (C=O) groups is 2. The SMILES string of the molecule is CO[C@H]1C[C@H](C)Cc2c(O)c(cc(O)c2N=CCN(C)C)NC(=O)/C(C)=C/C=C\[C@H](OC)[C@@H](OC(N)=O)/C(C)=C/[C@H](C)/C1=N\OCCN(C)C. The number of phenolic OH excluding ortho intramolecular Hbond substituents is 2. The number of oxime groups is 1. The maximum absolute atomic E-state index is 13.2. The lowest BCUT2D eigenvalue weighted by Crippen LogP contribution is -2.35. The van der Waals surface area contributed by atoms with E-state index in [1.54, 1.807) is 45.4 Å². The average molecular weight is 701 g/mol. The van der Waals surface area contributed by atoms with Crippen LogP contribution in [0.3, 0.4) is 0 Å². The number of fused-ring (bicyclic) bond motifs is 2. The molecule has 1 heterocycles. The fourth-order valence-electron chi connectivity index (χ4n) is 5.37. The maximum Gasteiger partial charge on any atom is 0.405 e. The molecule has 278 valence electrons. The highest BCUT2D eigenvalue weighted by Gasteiger charge is 2.29. The van der Waals surface area contributed by atoms with E-state index < -0.39 is 30.3 Å². The first-order valence-electron chi connectivity index (χ1n) is 16.5. The summed E-state index contributed by atoms with van der Waals surface area (Å²) >= 11 is 0. The van der Waals surface area contributed by atoms with E-state index in [1.807, 2.05) is 57.9 Å². The average Bonchev–Trinajstić information content (AvgIpc) is 3.03. The van der Waals surface area contributed by atoms with Crippen molar-refractivity contribution in [2.45, 2.75) is 58.8 Å². The van der Waals surface area contributed by atoms with Crippen LogP contribution in [0, 0.1) is 11.8 Å². The van der Waals surface area contributed by atoms with E-state index in [-0.39, 0.29) is 41.1 Å². The van der Waals surface area contributed by atoms with Crippen LogP contribution in [0.2, 0.25) is 0 Å². The topological polar surface area (TPSA) is 181 Å². The van der Waals surface area contributed by atoms with Crippen molar-refractivity contribution in [3.63, 3.8) is 0 Å². The Balaban J connectivity index is 2.79. The Hall–Kier alpha value is -4.24. The first kappa shape index (κ1) is 41.9. The van der Waals surface area contributed by atoms with Crippen molar-refractivity contribution in [3.8, 4) is 11.5 Å². The van der Waals surface area contributed by atoms with Crippen molar-refractivity contribution in [3.05, 3.63) is 47.1 Å². The van der Waals surface area contributed by atoms with Gasteiger partial charge in [-0.15, -0.1) is 0 Å². The van der Waals surface area contributed by atoms with E-state index in [0.717, 1.165) is 0 Å². The van der Waals surface area contributed by atoms with Crippen LogP contribution in [0.4, 0.5) is 16.2 Å². The van der Waals surface area contributed by atoms with Gasteiger partial charge in [0.15, 0.2) is 6.10 Å². The fourth-order valence-corrected chi connectivity index (χ4v) is 5.37. The van der Waals surface area contributed by atoms with E-state index in [4.69, 9.17) is 24.8 Å². The van der Waals surface area contributed by atoms with Crippen molar-refractivity contribution in [2.75, 3.05) is 67.4 Å². The van der Waals surface area contributed by atoms with Crippen LogP contribution in [0.25, 0.3) is 0 Å². The number of primary amides is 1. The summed E-state index contributed by atoms with van der Waals surface area (Å²) in [4.78, 5) is 39.4. The minimum atomic E-state index is -0.977. The summed E-state index contributed by atoms with van der Waals surface area (Å²) in [7, 11) is 10.7. The number of carbonyl (C=O) groups excluding carboxylic acids is 2. The number of anilines is 1. The maximum atomic E-state index is 13.2. The molecule has 5 N–H and O–H groups in total. The van der Waals surface area contributed by atoms with Gasteiger partial charge in [-0.2, -0.15) is 0 Å². The second-order valence-electron chi connectivity index (χ2n) is 13.1. The zero-order valence-corrected chi connectivity index (χ0v) is 31.1. The number of aliphatic imine (C=N–C) groups is 1. The Labute approximate surface area is 296 Å². The van der Waals surface area contributed by atoms with E-state index in [0.29, 0.717) is 48.5 Å². The van der Waals surface area contributed by atoms with Crippen LogP contribution in [0.1, 0.15) is 39.7 Å². The molecule has 0 radical (unpaired) electrons. The molecular formula is C36H56N6O8. The van der Waals surface area contributed by atoms with Crippen molar-refractivity contribution in [1.29, 1.82) is 0 Å². The van der Waals surface area contributed by atoms with Crippen LogP contribution in [-0.4, -0.2) is 124 Å². The fraction of sp³-hybridized carbons (Fsp3) is 0.556. The van der Waals surface area contributed by atoms with Crippen LogP contribution in [0.15, 0.2) is 51.7 Å². The number of likely N-dealkylation sites (N-methyl/N-ethyl adjacent to an activating group) is 1. The van der Waals surface area contributed by atoms with Crippen molar-refractivity contribution < 1.29 is 38.9 Å². The van der Waals surface area contributed by atoms with Gasteiger partial charge in [0, 0.05) is 56.6 Å². The van der Waals surface area contributed by atoms with Gasteiger partial charge in [-0.3, -0.25) is 9.79 Å². The van der Waals surface area contributed by atoms with Gasteiger partial charge in [0.1, 0.15) is 29.9 Å². The van der Waals surface area contributed by atoms with Crippen LogP contribution in [0.5, 0.6) is 11.5 Å². The standard InChI is InChI=1S/C36H56N6O8/c1-22-18-26-32(38-14-15-41(5)6)28(43)21-27(33(26)44)39-35(45)23(2)12-11-13-29(47-9)34(50-36(37)46)25(4)20-24(3)31(30(19-22)48-10)40-49-17-16-42(7)8/h11-14,20-22,24,29-30,34,43-44H,15-19H2,1-10H3,(H2,37,46)(H,39,45)/b13-11-,23-12+,25-20+,38-14?,40-31+/t22-,24+,29+,30+,34+/m1/s1. The lowest BCUT2D eigenvalue weighted by atomic mass is 9.88. The molecule has 0 aromatic heterocycles. The number of nitrogens with zero attached hydrogens (tertiary/aromatic N) is 4. The Morgan fingerprint density at radius 2 is 1.82 bits per heavy atom. The molecule has 1 aliphatic rings. The number of amides is 2. The molecule has 0 saturated carbocycles. The molecule has 0 unspecified atom stereocenters. The summed E-state index contributed by atoms with van der Waals surface area (Å²) in [5.74, 6) is -1.41. The van der Waals surface area contributed by atoms with Crippen molar-refractivity contribution >= 4 is 35.3 Å². The number of aromatic hydroxyl groups is 2. The van der Waals surface area contributed by atoms with Gasteiger partial charge in [0.25, 0.3) is 5.91 Å². The number of hydrogen-bond donors (Lipinski definition) is 4. The molecular weight excluding hydrogens is 644 g/mol. The Morgan fingerprint density at radius 3 is 2.42 bits per heavy atom. The molecule has 50 heavy (non-hydrogen) atoms. The normalized spacial score (nSPS) is 26.4. The van der Waals surface area contributed by atoms with Gasteiger partial charge in [-0.25, -0.2) is 4.79 Å². The molecule has 14 nitrogen and oxygen atoms in total. The van der Waals surface area contributed by atoms with Gasteiger partial charge < -0.3 is 50.1 Å². The molecule has 0 saturated heterocycles. The predicted molar refractivity (Wildman–Crippen MR) is 196 cm³/mol. The summed E-state index contributed by atoms with van der Waals surface area (Å²) in [6, 6.07) is 1.28. The number of nitrogens with one attached hydrogen (secondary N) is 1. The molecule has 0 spiro atoms. The van der Waals surface area contributed by atoms with Gasteiger partial charge in [0.05, 0.1) is 17.5 Å². The molecule has 2 rings (SSSR count).